The fourth-order valence-electron chi connectivity index (χ4n) is 3.83. The number of aromatic nitrogens is 2. The van der Waals surface area contributed by atoms with Crippen molar-refractivity contribution in [3.05, 3.63) is 76.6 Å². The molecule has 1 aliphatic rings. The zero-order valence-corrected chi connectivity index (χ0v) is 19.4. The number of aliphatic hydroxyl groups is 1. The summed E-state index contributed by atoms with van der Waals surface area (Å²) in [5.41, 5.74) is 1.44. The van der Waals surface area contributed by atoms with Crippen molar-refractivity contribution in [1.29, 1.82) is 0 Å². The zero-order valence-electron chi connectivity index (χ0n) is 17.8. The summed E-state index contributed by atoms with van der Waals surface area (Å²) in [6.45, 7) is -1.34. The van der Waals surface area contributed by atoms with Crippen LogP contribution in [0.25, 0.3) is 0 Å². The number of ether oxygens (including phenoxy) is 1. The molecule has 1 amide bonds. The van der Waals surface area contributed by atoms with Crippen molar-refractivity contribution in [2.75, 3.05) is 0 Å². The van der Waals surface area contributed by atoms with Gasteiger partial charge in [-0.25, -0.2) is 0 Å². The average Bonchev–Trinajstić information content (AvgIpc) is 3.35. The van der Waals surface area contributed by atoms with Crippen molar-refractivity contribution in [2.45, 2.75) is 43.5 Å². The SMILES string of the molecule is C[C@@H](O)[C@H](C(=O)N1Cc2cn(S(=O)(=O)c3ccc(OC(F)F)cc3)nc2C1)c1ccccc1Cl. The summed E-state index contributed by atoms with van der Waals surface area (Å²) in [7, 11) is -4.08. The number of aliphatic hydroxyl groups excluding tert-OH is 1. The van der Waals surface area contributed by atoms with Gasteiger partial charge < -0.3 is 14.7 Å². The first kappa shape index (κ1) is 24.1. The van der Waals surface area contributed by atoms with Crippen molar-refractivity contribution >= 4 is 27.5 Å². The molecule has 2 heterocycles. The summed E-state index contributed by atoms with van der Waals surface area (Å²) in [5.74, 6) is -1.41. The normalized spacial score (nSPS) is 15.3. The first-order chi connectivity index (χ1) is 16.1. The quantitative estimate of drug-likeness (QED) is 0.522. The second-order valence-corrected chi connectivity index (χ2v) is 9.97. The minimum Gasteiger partial charge on any atom is -0.435 e. The van der Waals surface area contributed by atoms with Gasteiger partial charge in [-0.15, -0.1) is 0 Å². The van der Waals surface area contributed by atoms with Crippen molar-refractivity contribution in [3.63, 3.8) is 0 Å². The summed E-state index contributed by atoms with van der Waals surface area (Å²) >= 11 is 6.24. The summed E-state index contributed by atoms with van der Waals surface area (Å²) in [6, 6.07) is 11.3. The number of hydrogen-bond acceptors (Lipinski definition) is 6. The monoisotopic (exact) mass is 511 g/mol. The number of benzene rings is 2. The van der Waals surface area contributed by atoms with Gasteiger partial charge in [0, 0.05) is 23.3 Å². The van der Waals surface area contributed by atoms with E-state index in [1.807, 2.05) is 0 Å². The van der Waals surface area contributed by atoms with Crippen LogP contribution in [0.15, 0.2) is 59.6 Å². The molecule has 0 saturated carbocycles. The number of nitrogens with zero attached hydrogens (tertiary/aromatic N) is 3. The molecular weight excluding hydrogens is 492 g/mol. The molecule has 0 radical (unpaired) electrons. The number of fused-ring (bicyclic) bond motifs is 1. The summed E-state index contributed by atoms with van der Waals surface area (Å²) < 4.78 is 55.4. The number of carbonyl (C=O) groups is 1. The van der Waals surface area contributed by atoms with E-state index in [0.717, 1.165) is 28.4 Å². The molecule has 1 N–H and O–H groups in total. The fourth-order valence-corrected chi connectivity index (χ4v) is 5.25. The van der Waals surface area contributed by atoms with E-state index < -0.39 is 28.7 Å². The molecular formula is C22H20ClF2N3O5S. The lowest BCUT2D eigenvalue weighted by molar-refractivity contribution is -0.135. The third-order valence-electron chi connectivity index (χ3n) is 5.45. The molecule has 0 saturated heterocycles. The molecule has 4 rings (SSSR count). The molecule has 1 aliphatic heterocycles. The lowest BCUT2D eigenvalue weighted by Crippen LogP contribution is -2.36. The van der Waals surface area contributed by atoms with Gasteiger partial charge in [0.25, 0.3) is 10.0 Å². The van der Waals surface area contributed by atoms with Crippen molar-refractivity contribution < 1.29 is 31.8 Å². The average molecular weight is 512 g/mol. The van der Waals surface area contributed by atoms with Gasteiger partial charge in [-0.1, -0.05) is 29.8 Å². The highest BCUT2D eigenvalue weighted by molar-refractivity contribution is 7.89. The molecule has 0 unspecified atom stereocenters. The molecule has 180 valence electrons. The predicted molar refractivity (Wildman–Crippen MR) is 118 cm³/mol. The van der Waals surface area contributed by atoms with E-state index in [1.54, 1.807) is 24.3 Å². The molecule has 8 nitrogen and oxygen atoms in total. The van der Waals surface area contributed by atoms with E-state index in [0.29, 0.717) is 21.8 Å². The lowest BCUT2D eigenvalue weighted by Gasteiger charge is -2.26. The Bertz CT molecular complexity index is 1290. The molecule has 0 bridgehead atoms. The minimum absolute atomic E-state index is 0.0610. The molecule has 0 aliphatic carbocycles. The Morgan fingerprint density at radius 1 is 1.15 bits per heavy atom. The van der Waals surface area contributed by atoms with Gasteiger partial charge in [-0.2, -0.15) is 26.4 Å². The maximum atomic E-state index is 13.2. The van der Waals surface area contributed by atoms with Crippen LogP contribution in [0.3, 0.4) is 0 Å². The highest BCUT2D eigenvalue weighted by Crippen LogP contribution is 2.32. The van der Waals surface area contributed by atoms with Crippen LogP contribution in [0.2, 0.25) is 5.02 Å². The predicted octanol–water partition coefficient (Wildman–Crippen LogP) is 3.38. The second-order valence-electron chi connectivity index (χ2n) is 7.76. The van der Waals surface area contributed by atoms with Crippen molar-refractivity contribution in [1.82, 2.24) is 14.1 Å². The van der Waals surface area contributed by atoms with Crippen LogP contribution in [0.4, 0.5) is 8.78 Å². The molecule has 2 aromatic carbocycles. The van der Waals surface area contributed by atoms with Crippen LogP contribution < -0.4 is 4.74 Å². The third kappa shape index (κ3) is 4.63. The standard InChI is InChI=1S/C22H20ClF2N3O5S/c1-13(29)20(17-4-2-3-5-18(17)23)21(30)27-10-14-11-28(26-19(14)12-27)34(31,32)16-8-6-15(7-9-16)33-22(24)25/h2-9,11,13,20,22,29H,10,12H2,1H3/t13-,20+/m1/s1. The minimum atomic E-state index is -4.08. The van der Waals surface area contributed by atoms with E-state index in [1.165, 1.54) is 18.0 Å². The molecule has 3 aromatic rings. The third-order valence-corrected chi connectivity index (χ3v) is 7.34. The summed E-state index contributed by atoms with van der Waals surface area (Å²) in [4.78, 5) is 14.5. The number of carbonyl (C=O) groups excluding carboxylic acids is 1. The smallest absolute Gasteiger partial charge is 0.387 e. The number of amides is 1. The van der Waals surface area contributed by atoms with Crippen LogP contribution in [0.1, 0.15) is 29.7 Å². The lowest BCUT2D eigenvalue weighted by atomic mass is 9.92. The largest absolute Gasteiger partial charge is 0.435 e. The first-order valence-corrected chi connectivity index (χ1v) is 12.0. The van der Waals surface area contributed by atoms with E-state index in [9.17, 15) is 27.1 Å². The van der Waals surface area contributed by atoms with Gasteiger partial charge in [0.2, 0.25) is 5.91 Å². The molecule has 34 heavy (non-hydrogen) atoms. The number of hydrogen-bond donors (Lipinski definition) is 1. The molecule has 2 atom stereocenters. The van der Waals surface area contributed by atoms with Gasteiger partial charge in [0.05, 0.1) is 29.2 Å². The van der Waals surface area contributed by atoms with E-state index in [-0.39, 0.29) is 29.6 Å². The van der Waals surface area contributed by atoms with Crippen molar-refractivity contribution in [3.8, 4) is 5.75 Å². The van der Waals surface area contributed by atoms with Gasteiger partial charge in [0.15, 0.2) is 0 Å². The number of alkyl halides is 2. The second kappa shape index (κ2) is 9.32. The van der Waals surface area contributed by atoms with E-state index in [2.05, 4.69) is 9.84 Å². The Labute approximate surface area is 199 Å². The first-order valence-electron chi connectivity index (χ1n) is 10.2. The fraction of sp³-hybridized carbons (Fsp3) is 0.273. The Hall–Kier alpha value is -3.02. The Kier molecular flexibility index (Phi) is 6.61. The van der Waals surface area contributed by atoms with E-state index in [4.69, 9.17) is 11.6 Å². The Balaban J connectivity index is 1.53. The molecule has 12 heteroatoms. The highest BCUT2D eigenvalue weighted by atomic mass is 35.5. The van der Waals surface area contributed by atoms with E-state index >= 15 is 0 Å². The highest BCUT2D eigenvalue weighted by Gasteiger charge is 2.36. The maximum absolute atomic E-state index is 13.2. The van der Waals surface area contributed by atoms with Gasteiger partial charge in [-0.05, 0) is 42.8 Å². The summed E-state index contributed by atoms with van der Waals surface area (Å²) in [6.07, 6.45) is 0.312. The summed E-state index contributed by atoms with van der Waals surface area (Å²) in [5, 5.41) is 14.8. The van der Waals surface area contributed by atoms with Crippen LogP contribution >= 0.6 is 11.6 Å². The topological polar surface area (TPSA) is 102 Å². The molecule has 0 spiro atoms. The Morgan fingerprint density at radius 3 is 2.41 bits per heavy atom. The maximum Gasteiger partial charge on any atom is 0.387 e. The van der Waals surface area contributed by atoms with Gasteiger partial charge >= 0.3 is 6.61 Å². The van der Waals surface area contributed by atoms with Crippen molar-refractivity contribution in [2.24, 2.45) is 0 Å². The van der Waals surface area contributed by atoms with Crippen LogP contribution in [0.5, 0.6) is 5.75 Å². The van der Waals surface area contributed by atoms with Gasteiger partial charge in [0.1, 0.15) is 5.75 Å². The number of rotatable bonds is 7. The van der Waals surface area contributed by atoms with Crippen LogP contribution in [0, 0.1) is 0 Å². The van der Waals surface area contributed by atoms with Crippen LogP contribution in [-0.4, -0.2) is 46.2 Å². The number of halogens is 3. The Morgan fingerprint density at radius 2 is 1.82 bits per heavy atom. The van der Waals surface area contributed by atoms with Gasteiger partial charge in [-0.3, -0.25) is 4.79 Å². The molecule has 1 aromatic heterocycles. The van der Waals surface area contributed by atoms with Crippen LogP contribution in [-0.2, 0) is 27.9 Å². The zero-order chi connectivity index (χ0) is 24.6. The molecule has 0 fully saturated rings.